The van der Waals surface area contributed by atoms with Crippen LogP contribution < -0.4 is 5.43 Å². The molecule has 2 aromatic heterocycles. The first kappa shape index (κ1) is 19.0. The fourth-order valence-electron chi connectivity index (χ4n) is 3.63. The third-order valence-electron chi connectivity index (χ3n) is 5.02. The summed E-state index contributed by atoms with van der Waals surface area (Å²) in [6, 6.07) is 11.5. The molecule has 0 bridgehead atoms. The zero-order valence-electron chi connectivity index (χ0n) is 16.9. The SMILES string of the molecule is Cc1oc2c(C)c(O)c(CN(C)C)cc2c(=O)c1-c1cnn(-c2ccccc2)c1. The van der Waals surface area contributed by atoms with Crippen molar-refractivity contribution in [1.29, 1.82) is 0 Å². The molecule has 0 aliphatic heterocycles. The minimum Gasteiger partial charge on any atom is -0.507 e. The Kier molecular flexibility index (Phi) is 4.72. The molecule has 0 atom stereocenters. The largest absolute Gasteiger partial charge is 0.507 e. The molecule has 0 radical (unpaired) electrons. The van der Waals surface area contributed by atoms with E-state index in [9.17, 15) is 9.90 Å². The number of phenols is 1. The van der Waals surface area contributed by atoms with E-state index in [1.807, 2.05) is 55.5 Å². The van der Waals surface area contributed by atoms with Crippen LogP contribution in [0.4, 0.5) is 0 Å². The van der Waals surface area contributed by atoms with E-state index < -0.39 is 0 Å². The standard InChI is InChI=1S/C23H23N3O3/c1-14-21(27)16(12-25(3)4)10-19-22(28)20(15(2)29-23(14)19)17-11-24-26(13-17)18-8-6-5-7-9-18/h5-11,13,27H,12H2,1-4H3. The second-order valence-corrected chi connectivity index (χ2v) is 7.50. The van der Waals surface area contributed by atoms with Gasteiger partial charge < -0.3 is 14.4 Å². The quantitative estimate of drug-likeness (QED) is 0.571. The van der Waals surface area contributed by atoms with Gasteiger partial charge in [0.25, 0.3) is 0 Å². The summed E-state index contributed by atoms with van der Waals surface area (Å²) in [6.07, 6.45) is 3.50. The normalized spacial score (nSPS) is 11.5. The molecule has 0 fully saturated rings. The van der Waals surface area contributed by atoms with Crippen LogP contribution in [0.5, 0.6) is 5.75 Å². The van der Waals surface area contributed by atoms with Gasteiger partial charge in [-0.1, -0.05) is 18.2 Å². The average molecular weight is 389 g/mol. The van der Waals surface area contributed by atoms with Gasteiger partial charge in [-0.15, -0.1) is 0 Å². The van der Waals surface area contributed by atoms with Gasteiger partial charge in [0.2, 0.25) is 5.43 Å². The smallest absolute Gasteiger partial charge is 0.200 e. The van der Waals surface area contributed by atoms with Crippen molar-refractivity contribution in [2.75, 3.05) is 14.1 Å². The molecule has 1 N–H and O–H groups in total. The summed E-state index contributed by atoms with van der Waals surface area (Å²) in [4.78, 5) is 15.4. The minimum atomic E-state index is -0.125. The Morgan fingerprint density at radius 1 is 1.17 bits per heavy atom. The first-order valence-corrected chi connectivity index (χ1v) is 9.41. The zero-order valence-corrected chi connectivity index (χ0v) is 16.9. The first-order valence-electron chi connectivity index (χ1n) is 9.41. The number of phenolic OH excluding ortho intramolecular Hbond substituents is 1. The summed E-state index contributed by atoms with van der Waals surface area (Å²) in [7, 11) is 3.83. The molecule has 0 aliphatic rings. The molecule has 0 saturated heterocycles. The van der Waals surface area contributed by atoms with Crippen molar-refractivity contribution in [3.05, 3.63) is 75.9 Å². The molecule has 4 aromatic rings. The lowest BCUT2D eigenvalue weighted by atomic mass is 10.0. The predicted molar refractivity (Wildman–Crippen MR) is 114 cm³/mol. The summed E-state index contributed by atoms with van der Waals surface area (Å²) < 4.78 is 7.74. The molecule has 6 heteroatoms. The maximum atomic E-state index is 13.4. The van der Waals surface area contributed by atoms with E-state index in [0.29, 0.717) is 45.5 Å². The Morgan fingerprint density at radius 2 is 1.90 bits per heavy atom. The molecule has 6 nitrogen and oxygen atoms in total. The van der Waals surface area contributed by atoms with Gasteiger partial charge in [-0.25, -0.2) is 4.68 Å². The van der Waals surface area contributed by atoms with Gasteiger partial charge in [0.1, 0.15) is 17.1 Å². The summed E-state index contributed by atoms with van der Waals surface area (Å²) >= 11 is 0. The van der Waals surface area contributed by atoms with Crippen molar-refractivity contribution in [3.63, 3.8) is 0 Å². The number of aromatic hydroxyl groups is 1. The molecule has 2 aromatic carbocycles. The topological polar surface area (TPSA) is 71.5 Å². The van der Waals surface area contributed by atoms with Crippen molar-refractivity contribution in [2.45, 2.75) is 20.4 Å². The van der Waals surface area contributed by atoms with E-state index in [-0.39, 0.29) is 11.2 Å². The van der Waals surface area contributed by atoms with Gasteiger partial charge in [0.15, 0.2) is 0 Å². The second kappa shape index (κ2) is 7.22. The molecule has 148 valence electrons. The van der Waals surface area contributed by atoms with Gasteiger partial charge in [-0.05, 0) is 46.1 Å². The zero-order chi connectivity index (χ0) is 20.7. The Labute approximate surface area is 168 Å². The Bertz CT molecular complexity index is 1250. The first-order chi connectivity index (χ1) is 13.9. The van der Waals surface area contributed by atoms with Crippen LogP contribution in [0.25, 0.3) is 27.8 Å². The Balaban J connectivity index is 1.91. The lowest BCUT2D eigenvalue weighted by Gasteiger charge is -2.15. The van der Waals surface area contributed by atoms with Crippen LogP contribution in [0.3, 0.4) is 0 Å². The third-order valence-corrected chi connectivity index (χ3v) is 5.02. The maximum absolute atomic E-state index is 13.4. The molecule has 0 aliphatic carbocycles. The number of hydrogen-bond donors (Lipinski definition) is 1. The van der Waals surface area contributed by atoms with Crippen molar-refractivity contribution in [1.82, 2.24) is 14.7 Å². The fraction of sp³-hybridized carbons (Fsp3) is 0.217. The molecule has 2 heterocycles. The van der Waals surface area contributed by atoms with Gasteiger partial charge >= 0.3 is 0 Å². The van der Waals surface area contributed by atoms with Gasteiger partial charge in [0, 0.05) is 29.4 Å². The maximum Gasteiger partial charge on any atom is 0.200 e. The molecule has 4 rings (SSSR count). The highest BCUT2D eigenvalue weighted by Crippen LogP contribution is 2.33. The number of aromatic nitrogens is 2. The van der Waals surface area contributed by atoms with Crippen LogP contribution >= 0.6 is 0 Å². The van der Waals surface area contributed by atoms with E-state index >= 15 is 0 Å². The summed E-state index contributed by atoms with van der Waals surface area (Å²) in [6.45, 7) is 4.06. The van der Waals surface area contributed by atoms with E-state index in [1.54, 1.807) is 30.8 Å². The van der Waals surface area contributed by atoms with Crippen LogP contribution in [0.2, 0.25) is 0 Å². The number of fused-ring (bicyclic) bond motifs is 1. The number of hydrogen-bond acceptors (Lipinski definition) is 5. The van der Waals surface area contributed by atoms with Crippen LogP contribution in [0, 0.1) is 13.8 Å². The van der Waals surface area contributed by atoms with Gasteiger partial charge in [-0.3, -0.25) is 4.79 Å². The van der Waals surface area contributed by atoms with Crippen molar-refractivity contribution >= 4 is 11.0 Å². The number of nitrogens with zero attached hydrogens (tertiary/aromatic N) is 3. The highest BCUT2D eigenvalue weighted by atomic mass is 16.3. The fourth-order valence-corrected chi connectivity index (χ4v) is 3.63. The molecule has 29 heavy (non-hydrogen) atoms. The highest BCUT2D eigenvalue weighted by Gasteiger charge is 2.20. The van der Waals surface area contributed by atoms with E-state index in [0.717, 1.165) is 5.69 Å². The van der Waals surface area contributed by atoms with Crippen molar-refractivity contribution in [3.8, 4) is 22.6 Å². The third kappa shape index (κ3) is 3.32. The lowest BCUT2D eigenvalue weighted by Crippen LogP contribution is -2.13. The van der Waals surface area contributed by atoms with Crippen LogP contribution in [-0.2, 0) is 6.54 Å². The van der Waals surface area contributed by atoms with Crippen LogP contribution in [-0.4, -0.2) is 33.9 Å². The number of aryl methyl sites for hydroxylation is 2. The molecule has 0 spiro atoms. The number of benzene rings is 2. The molecule has 0 amide bonds. The van der Waals surface area contributed by atoms with Crippen molar-refractivity contribution < 1.29 is 9.52 Å². The summed E-state index contributed by atoms with van der Waals surface area (Å²) in [5.41, 5.74) is 3.66. The predicted octanol–water partition coefficient (Wildman–Crippen LogP) is 4.03. The van der Waals surface area contributed by atoms with Crippen LogP contribution in [0.1, 0.15) is 16.9 Å². The summed E-state index contributed by atoms with van der Waals surface area (Å²) in [5, 5.41) is 15.4. The van der Waals surface area contributed by atoms with Crippen LogP contribution in [0.15, 0.2) is 58.0 Å². The molecule has 0 saturated carbocycles. The van der Waals surface area contributed by atoms with E-state index in [4.69, 9.17) is 4.42 Å². The van der Waals surface area contributed by atoms with E-state index in [1.165, 1.54) is 0 Å². The molecular formula is C23H23N3O3. The second-order valence-electron chi connectivity index (χ2n) is 7.50. The lowest BCUT2D eigenvalue weighted by molar-refractivity contribution is 0.385. The molecular weight excluding hydrogens is 366 g/mol. The Morgan fingerprint density at radius 3 is 2.59 bits per heavy atom. The van der Waals surface area contributed by atoms with E-state index in [2.05, 4.69) is 5.10 Å². The van der Waals surface area contributed by atoms with Gasteiger partial charge in [0.05, 0.1) is 22.8 Å². The number of para-hydroxylation sites is 1. The Hall–Kier alpha value is -3.38. The highest BCUT2D eigenvalue weighted by molar-refractivity contribution is 5.87. The summed E-state index contributed by atoms with van der Waals surface area (Å²) in [5.74, 6) is 0.663. The average Bonchev–Trinajstić information content (AvgIpc) is 3.17. The van der Waals surface area contributed by atoms with Gasteiger partial charge in [-0.2, -0.15) is 5.10 Å². The minimum absolute atomic E-state index is 0.125. The monoisotopic (exact) mass is 389 g/mol. The van der Waals surface area contributed by atoms with Crippen molar-refractivity contribution in [2.24, 2.45) is 0 Å². The number of rotatable bonds is 4. The molecule has 0 unspecified atom stereocenters.